The van der Waals surface area contributed by atoms with Crippen LogP contribution in [0.15, 0.2) is 93.7 Å². The molecule has 3 aromatic carbocycles. The topological polar surface area (TPSA) is 89.8 Å². The molecule has 0 aliphatic carbocycles. The third-order valence-corrected chi connectivity index (χ3v) is 6.48. The Labute approximate surface area is 192 Å². The quantitative estimate of drug-likeness (QED) is 0.260. The van der Waals surface area contributed by atoms with Crippen LogP contribution in [-0.2, 0) is 17.2 Å². The first kappa shape index (κ1) is 22.3. The molecule has 0 radical (unpaired) electrons. The third kappa shape index (κ3) is 4.51. The highest BCUT2D eigenvalue weighted by molar-refractivity contribution is 7.87. The third-order valence-electron chi connectivity index (χ3n) is 5.25. The standard InChI is InChI=1S/C25H23N3O4S/c1-17-13-15-20(16-14-17)33(30,31)32-24-21-11-7-8-12-22(21)28(3)25(29)23(24)18(2)26-27-19-9-5-4-6-10-19/h4-16,27H,1-3H3/b26-18+. The van der Waals surface area contributed by atoms with Gasteiger partial charge in [-0.05, 0) is 50.2 Å². The number of aryl methyl sites for hydroxylation is 2. The number of hydrazone groups is 1. The van der Waals surface area contributed by atoms with Gasteiger partial charge >= 0.3 is 10.1 Å². The Hall–Kier alpha value is -3.91. The number of aromatic nitrogens is 1. The predicted octanol–water partition coefficient (Wildman–Crippen LogP) is 4.45. The van der Waals surface area contributed by atoms with Crippen molar-refractivity contribution in [2.45, 2.75) is 18.7 Å². The summed E-state index contributed by atoms with van der Waals surface area (Å²) in [7, 11) is -2.57. The Kier molecular flexibility index (Phi) is 6.02. The zero-order valence-electron chi connectivity index (χ0n) is 18.4. The zero-order valence-corrected chi connectivity index (χ0v) is 19.3. The highest BCUT2D eigenvalue weighted by Gasteiger charge is 2.25. The fourth-order valence-electron chi connectivity index (χ4n) is 3.45. The summed E-state index contributed by atoms with van der Waals surface area (Å²) < 4.78 is 33.3. The SMILES string of the molecule is C/C(=N\Nc1ccccc1)c1c(OS(=O)(=O)c2ccc(C)cc2)c2ccccc2n(C)c1=O. The molecule has 0 spiro atoms. The number of para-hydroxylation sites is 2. The van der Waals surface area contributed by atoms with E-state index in [-0.39, 0.29) is 16.2 Å². The molecule has 0 fully saturated rings. The van der Waals surface area contributed by atoms with Crippen LogP contribution in [-0.4, -0.2) is 18.7 Å². The second-order valence-corrected chi connectivity index (χ2v) is 9.16. The van der Waals surface area contributed by atoms with Crippen LogP contribution in [0.2, 0.25) is 0 Å². The van der Waals surface area contributed by atoms with E-state index in [9.17, 15) is 13.2 Å². The summed E-state index contributed by atoms with van der Waals surface area (Å²) in [6.07, 6.45) is 0. The number of nitrogens with one attached hydrogen (secondary N) is 1. The molecule has 7 nitrogen and oxygen atoms in total. The summed E-state index contributed by atoms with van der Waals surface area (Å²) in [4.78, 5) is 13.3. The Morgan fingerprint density at radius 3 is 2.27 bits per heavy atom. The average Bonchev–Trinajstić information content (AvgIpc) is 2.82. The molecule has 1 heterocycles. The number of fused-ring (bicyclic) bond motifs is 1. The molecule has 0 unspecified atom stereocenters. The number of benzene rings is 3. The molecule has 168 valence electrons. The van der Waals surface area contributed by atoms with Crippen LogP contribution >= 0.6 is 0 Å². The Morgan fingerprint density at radius 1 is 0.939 bits per heavy atom. The minimum absolute atomic E-state index is 0.000751. The maximum Gasteiger partial charge on any atom is 0.339 e. The molecule has 1 aromatic heterocycles. The summed E-state index contributed by atoms with van der Waals surface area (Å²) in [6, 6.07) is 22.6. The fourth-order valence-corrected chi connectivity index (χ4v) is 4.41. The van der Waals surface area contributed by atoms with Gasteiger partial charge in [0.05, 0.1) is 16.9 Å². The van der Waals surface area contributed by atoms with Crippen LogP contribution in [0.1, 0.15) is 18.1 Å². The summed E-state index contributed by atoms with van der Waals surface area (Å²) >= 11 is 0. The monoisotopic (exact) mass is 461 g/mol. The first-order valence-electron chi connectivity index (χ1n) is 10.3. The van der Waals surface area contributed by atoms with Gasteiger partial charge < -0.3 is 8.75 Å². The van der Waals surface area contributed by atoms with Gasteiger partial charge in [-0.25, -0.2) is 0 Å². The molecular formula is C25H23N3O4S. The predicted molar refractivity (Wildman–Crippen MR) is 130 cm³/mol. The molecule has 0 saturated carbocycles. The van der Waals surface area contributed by atoms with E-state index in [1.165, 1.54) is 16.7 Å². The van der Waals surface area contributed by atoms with Crippen molar-refractivity contribution in [1.82, 2.24) is 4.57 Å². The molecule has 0 atom stereocenters. The van der Waals surface area contributed by atoms with Crippen LogP contribution in [0.3, 0.4) is 0 Å². The molecule has 8 heteroatoms. The molecule has 4 aromatic rings. The molecule has 1 N–H and O–H groups in total. The van der Waals surface area contributed by atoms with Gasteiger partial charge in [0.25, 0.3) is 5.56 Å². The van der Waals surface area contributed by atoms with Gasteiger partial charge in [-0.2, -0.15) is 13.5 Å². The second-order valence-electron chi connectivity index (χ2n) is 7.61. The lowest BCUT2D eigenvalue weighted by molar-refractivity contribution is 0.487. The van der Waals surface area contributed by atoms with E-state index in [0.717, 1.165) is 11.3 Å². The minimum Gasteiger partial charge on any atom is -0.377 e. The summed E-state index contributed by atoms with van der Waals surface area (Å²) in [5, 5.41) is 4.81. The average molecular weight is 462 g/mol. The maximum absolute atomic E-state index is 13.3. The van der Waals surface area contributed by atoms with Crippen molar-refractivity contribution in [2.75, 3.05) is 5.43 Å². The lowest BCUT2D eigenvalue weighted by Crippen LogP contribution is -2.27. The molecule has 0 amide bonds. The molecule has 4 rings (SSSR count). The van der Waals surface area contributed by atoms with Gasteiger partial charge in [-0.15, -0.1) is 0 Å². The highest BCUT2D eigenvalue weighted by Crippen LogP contribution is 2.31. The van der Waals surface area contributed by atoms with E-state index in [2.05, 4.69) is 10.5 Å². The van der Waals surface area contributed by atoms with Crippen LogP contribution in [0.25, 0.3) is 10.9 Å². The second kappa shape index (κ2) is 8.91. The molecule has 0 aliphatic heterocycles. The lowest BCUT2D eigenvalue weighted by Gasteiger charge is -2.16. The number of nitrogens with zero attached hydrogens (tertiary/aromatic N) is 2. The first-order chi connectivity index (χ1) is 15.8. The molecule has 33 heavy (non-hydrogen) atoms. The van der Waals surface area contributed by atoms with Gasteiger partial charge in [0.2, 0.25) is 0 Å². The minimum atomic E-state index is -4.20. The van der Waals surface area contributed by atoms with Crippen LogP contribution in [0, 0.1) is 6.92 Å². The van der Waals surface area contributed by atoms with E-state index in [4.69, 9.17) is 4.18 Å². The van der Waals surface area contributed by atoms with E-state index >= 15 is 0 Å². The Bertz CT molecular complexity index is 1510. The van der Waals surface area contributed by atoms with E-state index in [0.29, 0.717) is 16.6 Å². The van der Waals surface area contributed by atoms with Crippen LogP contribution in [0.4, 0.5) is 5.69 Å². The van der Waals surface area contributed by atoms with Gasteiger partial charge in [0.15, 0.2) is 5.75 Å². The number of anilines is 1. The smallest absolute Gasteiger partial charge is 0.339 e. The lowest BCUT2D eigenvalue weighted by atomic mass is 10.1. The van der Waals surface area contributed by atoms with Crippen LogP contribution < -0.4 is 15.2 Å². The van der Waals surface area contributed by atoms with Crippen LogP contribution in [0.5, 0.6) is 5.75 Å². The largest absolute Gasteiger partial charge is 0.377 e. The molecule has 0 saturated heterocycles. The molecule has 0 aliphatic rings. The number of hydrogen-bond acceptors (Lipinski definition) is 6. The van der Waals surface area contributed by atoms with Gasteiger partial charge in [-0.3, -0.25) is 10.2 Å². The zero-order chi connectivity index (χ0) is 23.6. The van der Waals surface area contributed by atoms with E-state index in [1.807, 2.05) is 37.3 Å². The van der Waals surface area contributed by atoms with Crippen molar-refractivity contribution in [3.63, 3.8) is 0 Å². The molecular weight excluding hydrogens is 438 g/mol. The van der Waals surface area contributed by atoms with Crippen molar-refractivity contribution in [3.05, 3.63) is 100 Å². The highest BCUT2D eigenvalue weighted by atomic mass is 32.2. The number of rotatable bonds is 6. The summed E-state index contributed by atoms with van der Waals surface area (Å²) in [5.41, 5.74) is 5.03. The van der Waals surface area contributed by atoms with Crippen molar-refractivity contribution in [2.24, 2.45) is 12.1 Å². The van der Waals surface area contributed by atoms with Gasteiger partial charge in [0.1, 0.15) is 10.5 Å². The number of hydrogen-bond donors (Lipinski definition) is 1. The summed E-state index contributed by atoms with van der Waals surface area (Å²) in [6.45, 7) is 3.50. The van der Waals surface area contributed by atoms with Crippen molar-refractivity contribution in [3.8, 4) is 5.75 Å². The van der Waals surface area contributed by atoms with Crippen molar-refractivity contribution >= 4 is 32.4 Å². The summed E-state index contributed by atoms with van der Waals surface area (Å²) in [5.74, 6) is -0.0506. The first-order valence-corrected chi connectivity index (χ1v) is 11.7. The van der Waals surface area contributed by atoms with E-state index in [1.54, 1.807) is 50.4 Å². The Morgan fingerprint density at radius 2 is 1.58 bits per heavy atom. The molecule has 0 bridgehead atoms. The van der Waals surface area contributed by atoms with Gasteiger partial charge in [-0.1, -0.05) is 48.0 Å². The normalized spacial score (nSPS) is 12.0. The van der Waals surface area contributed by atoms with E-state index < -0.39 is 15.7 Å². The number of pyridine rings is 1. The maximum atomic E-state index is 13.3. The van der Waals surface area contributed by atoms with Crippen molar-refractivity contribution < 1.29 is 12.6 Å². The fraction of sp³-hybridized carbons (Fsp3) is 0.120. The Balaban J connectivity index is 1.89. The van der Waals surface area contributed by atoms with Crippen molar-refractivity contribution in [1.29, 1.82) is 0 Å². The van der Waals surface area contributed by atoms with Gasteiger partial charge in [0, 0.05) is 12.4 Å².